The van der Waals surface area contributed by atoms with Crippen molar-refractivity contribution in [1.82, 2.24) is 25.2 Å². The lowest BCUT2D eigenvalue weighted by molar-refractivity contribution is 0.0945. The number of pyridine rings is 1. The molecule has 8 nitrogen and oxygen atoms in total. The molecule has 1 N–H and O–H groups in total. The van der Waals surface area contributed by atoms with Crippen molar-refractivity contribution >= 4 is 17.8 Å². The number of rotatable bonds is 5. The van der Waals surface area contributed by atoms with E-state index in [2.05, 4.69) is 20.3 Å². The Morgan fingerprint density at radius 3 is 2.67 bits per heavy atom. The van der Waals surface area contributed by atoms with Gasteiger partial charge in [0, 0.05) is 44.3 Å². The van der Waals surface area contributed by atoms with E-state index in [-0.39, 0.29) is 17.6 Å². The summed E-state index contributed by atoms with van der Waals surface area (Å²) in [4.78, 5) is 40.7. The molecule has 4 rings (SSSR count). The van der Waals surface area contributed by atoms with Crippen LogP contribution in [0.3, 0.4) is 0 Å². The van der Waals surface area contributed by atoms with Crippen LogP contribution in [0, 0.1) is 0 Å². The summed E-state index contributed by atoms with van der Waals surface area (Å²) >= 11 is 0. The molecule has 1 saturated heterocycles. The Hall–Kier alpha value is -3.03. The molecule has 0 radical (unpaired) electrons. The molecule has 140 valence electrons. The minimum Gasteiger partial charge on any atom is -0.347 e. The van der Waals surface area contributed by atoms with Crippen LogP contribution in [-0.4, -0.2) is 50.9 Å². The second kappa shape index (κ2) is 7.69. The summed E-state index contributed by atoms with van der Waals surface area (Å²) in [5, 5.41) is 2.79. The van der Waals surface area contributed by atoms with E-state index in [1.54, 1.807) is 11.1 Å². The van der Waals surface area contributed by atoms with Gasteiger partial charge in [0.05, 0.1) is 6.20 Å². The van der Waals surface area contributed by atoms with Gasteiger partial charge >= 0.3 is 6.03 Å². The van der Waals surface area contributed by atoms with E-state index in [1.807, 2.05) is 17.0 Å². The highest BCUT2D eigenvalue weighted by atomic mass is 16.2. The van der Waals surface area contributed by atoms with E-state index in [0.29, 0.717) is 24.9 Å². The topological polar surface area (TPSA) is 91.3 Å². The largest absolute Gasteiger partial charge is 0.347 e. The number of nitrogens with zero attached hydrogens (tertiary/aromatic N) is 5. The van der Waals surface area contributed by atoms with Crippen LogP contribution >= 0.6 is 0 Å². The molecular formula is C19H22N6O2. The highest BCUT2D eigenvalue weighted by molar-refractivity contribution is 5.93. The van der Waals surface area contributed by atoms with Gasteiger partial charge in [0.2, 0.25) is 0 Å². The number of hydrogen-bond donors (Lipinski definition) is 1. The van der Waals surface area contributed by atoms with Gasteiger partial charge in [0.15, 0.2) is 0 Å². The molecule has 1 aliphatic carbocycles. The van der Waals surface area contributed by atoms with Crippen molar-refractivity contribution in [3.05, 3.63) is 48.2 Å². The van der Waals surface area contributed by atoms with Crippen LogP contribution in [0.5, 0.6) is 0 Å². The SMILES string of the molecule is O=C(NCc1ccc(N2CCN(C3CCCC3)C2=O)nc1)c1cnccn1. The molecule has 2 aromatic rings. The zero-order valence-electron chi connectivity index (χ0n) is 15.0. The van der Waals surface area contributed by atoms with Gasteiger partial charge < -0.3 is 10.2 Å². The van der Waals surface area contributed by atoms with Gasteiger partial charge in [-0.15, -0.1) is 0 Å². The number of carbonyl (C=O) groups is 2. The molecular weight excluding hydrogens is 344 g/mol. The Kier molecular flexibility index (Phi) is 4.95. The summed E-state index contributed by atoms with van der Waals surface area (Å²) in [5.74, 6) is 0.374. The van der Waals surface area contributed by atoms with Crippen molar-refractivity contribution in [3.63, 3.8) is 0 Å². The van der Waals surface area contributed by atoms with E-state index >= 15 is 0 Å². The molecule has 27 heavy (non-hydrogen) atoms. The Morgan fingerprint density at radius 2 is 1.96 bits per heavy atom. The molecule has 2 aliphatic rings. The van der Waals surface area contributed by atoms with Gasteiger partial charge in [-0.3, -0.25) is 14.7 Å². The molecule has 8 heteroatoms. The number of nitrogens with one attached hydrogen (secondary N) is 1. The van der Waals surface area contributed by atoms with Gasteiger partial charge in [-0.1, -0.05) is 18.9 Å². The summed E-state index contributed by atoms with van der Waals surface area (Å²) in [6, 6.07) is 4.15. The van der Waals surface area contributed by atoms with Crippen molar-refractivity contribution in [2.75, 3.05) is 18.0 Å². The molecule has 3 amide bonds. The maximum atomic E-state index is 12.7. The van der Waals surface area contributed by atoms with Gasteiger partial charge in [-0.05, 0) is 24.5 Å². The third-order valence-corrected chi connectivity index (χ3v) is 5.14. The van der Waals surface area contributed by atoms with Crippen molar-refractivity contribution in [1.29, 1.82) is 0 Å². The van der Waals surface area contributed by atoms with E-state index in [9.17, 15) is 9.59 Å². The molecule has 0 bridgehead atoms. The zero-order chi connectivity index (χ0) is 18.6. The Bertz CT molecular complexity index is 805. The van der Waals surface area contributed by atoms with E-state index < -0.39 is 0 Å². The molecule has 1 saturated carbocycles. The van der Waals surface area contributed by atoms with Gasteiger partial charge in [0.1, 0.15) is 11.5 Å². The fraction of sp³-hybridized carbons (Fsp3) is 0.421. The second-order valence-corrected chi connectivity index (χ2v) is 6.86. The number of carbonyl (C=O) groups excluding carboxylic acids is 2. The first-order valence-electron chi connectivity index (χ1n) is 9.29. The van der Waals surface area contributed by atoms with Crippen LogP contribution in [0.4, 0.5) is 10.6 Å². The summed E-state index contributed by atoms with van der Waals surface area (Å²) in [5.41, 5.74) is 1.13. The average molecular weight is 366 g/mol. The molecule has 0 atom stereocenters. The summed E-state index contributed by atoms with van der Waals surface area (Å²) in [6.07, 6.45) is 10.8. The van der Waals surface area contributed by atoms with Crippen LogP contribution < -0.4 is 10.2 Å². The number of aromatic nitrogens is 3. The van der Waals surface area contributed by atoms with Crippen LogP contribution in [0.2, 0.25) is 0 Å². The third-order valence-electron chi connectivity index (χ3n) is 5.14. The lowest BCUT2D eigenvalue weighted by atomic mass is 10.2. The minimum absolute atomic E-state index is 0.0538. The van der Waals surface area contributed by atoms with Crippen LogP contribution in [0.15, 0.2) is 36.9 Å². The average Bonchev–Trinajstić information content (AvgIpc) is 3.37. The smallest absolute Gasteiger partial charge is 0.326 e. The number of urea groups is 1. The van der Waals surface area contributed by atoms with Crippen molar-refractivity contribution in [3.8, 4) is 0 Å². The fourth-order valence-electron chi connectivity index (χ4n) is 3.69. The van der Waals surface area contributed by atoms with Crippen LogP contribution in [0.1, 0.15) is 41.7 Å². The van der Waals surface area contributed by atoms with Gasteiger partial charge in [-0.25, -0.2) is 14.8 Å². The monoisotopic (exact) mass is 366 g/mol. The molecule has 2 fully saturated rings. The first kappa shape index (κ1) is 17.4. The zero-order valence-corrected chi connectivity index (χ0v) is 15.0. The minimum atomic E-state index is -0.283. The van der Waals surface area contributed by atoms with Crippen LogP contribution in [0.25, 0.3) is 0 Å². The first-order chi connectivity index (χ1) is 13.2. The van der Waals surface area contributed by atoms with Crippen LogP contribution in [-0.2, 0) is 6.54 Å². The fourth-order valence-corrected chi connectivity index (χ4v) is 3.69. The molecule has 2 aromatic heterocycles. The molecule has 0 spiro atoms. The van der Waals surface area contributed by atoms with Crippen molar-refractivity contribution in [2.45, 2.75) is 38.3 Å². The molecule has 3 heterocycles. The maximum Gasteiger partial charge on any atom is 0.326 e. The molecule has 0 unspecified atom stereocenters. The predicted octanol–water partition coefficient (Wildman–Crippen LogP) is 1.99. The molecule has 0 aromatic carbocycles. The lowest BCUT2D eigenvalue weighted by Gasteiger charge is -2.23. The second-order valence-electron chi connectivity index (χ2n) is 6.86. The van der Waals surface area contributed by atoms with E-state index in [0.717, 1.165) is 24.9 Å². The summed E-state index contributed by atoms with van der Waals surface area (Å²) < 4.78 is 0. The predicted molar refractivity (Wildman–Crippen MR) is 99.1 cm³/mol. The standard InChI is InChI=1S/C19H22N6O2/c26-18(16-13-20-7-8-21-16)23-12-14-5-6-17(22-11-14)25-10-9-24(19(25)27)15-3-1-2-4-15/h5-8,11,13,15H,1-4,9-10,12H2,(H,23,26). The maximum absolute atomic E-state index is 12.7. The lowest BCUT2D eigenvalue weighted by Crippen LogP contribution is -2.38. The van der Waals surface area contributed by atoms with Gasteiger partial charge in [-0.2, -0.15) is 0 Å². The highest BCUT2D eigenvalue weighted by Crippen LogP contribution is 2.28. The first-order valence-corrected chi connectivity index (χ1v) is 9.29. The number of amides is 3. The quantitative estimate of drug-likeness (QED) is 0.874. The summed E-state index contributed by atoms with van der Waals surface area (Å²) in [7, 11) is 0. The number of anilines is 1. The Morgan fingerprint density at radius 1 is 1.11 bits per heavy atom. The van der Waals surface area contributed by atoms with Crippen molar-refractivity contribution in [2.24, 2.45) is 0 Å². The highest BCUT2D eigenvalue weighted by Gasteiger charge is 2.35. The molecule has 1 aliphatic heterocycles. The normalized spacial score (nSPS) is 17.6. The Balaban J connectivity index is 1.35. The third kappa shape index (κ3) is 3.74. The Labute approximate surface area is 157 Å². The van der Waals surface area contributed by atoms with E-state index in [1.165, 1.54) is 31.4 Å². The van der Waals surface area contributed by atoms with E-state index in [4.69, 9.17) is 0 Å². The summed E-state index contributed by atoms with van der Waals surface area (Å²) in [6.45, 7) is 1.77. The number of hydrogen-bond acceptors (Lipinski definition) is 5. The van der Waals surface area contributed by atoms with Crippen molar-refractivity contribution < 1.29 is 9.59 Å². The van der Waals surface area contributed by atoms with Gasteiger partial charge in [0.25, 0.3) is 5.91 Å².